The zero-order valence-electron chi connectivity index (χ0n) is 14.0. The van der Waals surface area contributed by atoms with Crippen LogP contribution in [0.15, 0.2) is 18.2 Å². The zero-order chi connectivity index (χ0) is 16.3. The number of amides is 1. The van der Waals surface area contributed by atoms with Crippen LogP contribution in [0.1, 0.15) is 43.7 Å². The Hall–Kier alpha value is -1.55. The van der Waals surface area contributed by atoms with E-state index in [4.69, 9.17) is 4.74 Å². The van der Waals surface area contributed by atoms with Crippen molar-refractivity contribution in [1.82, 2.24) is 4.90 Å². The summed E-state index contributed by atoms with van der Waals surface area (Å²) >= 11 is 0. The van der Waals surface area contributed by atoms with E-state index in [1.54, 1.807) is 18.9 Å². The number of hydrogen-bond acceptors (Lipinski definition) is 3. The van der Waals surface area contributed by atoms with Crippen LogP contribution < -0.4 is 4.74 Å². The molecule has 22 heavy (non-hydrogen) atoms. The van der Waals surface area contributed by atoms with Gasteiger partial charge < -0.3 is 14.7 Å². The molecule has 1 N–H and O–H groups in total. The summed E-state index contributed by atoms with van der Waals surface area (Å²) in [5.41, 5.74) is 2.20. The first-order valence-corrected chi connectivity index (χ1v) is 8.09. The number of carbonyl (C=O) groups is 1. The van der Waals surface area contributed by atoms with Crippen molar-refractivity contribution in [1.29, 1.82) is 0 Å². The number of aliphatic hydroxyl groups excluding tert-OH is 1. The highest BCUT2D eigenvalue weighted by molar-refractivity contribution is 5.81. The van der Waals surface area contributed by atoms with Crippen LogP contribution in [0.4, 0.5) is 0 Å². The van der Waals surface area contributed by atoms with E-state index in [-0.39, 0.29) is 11.9 Å². The van der Waals surface area contributed by atoms with Gasteiger partial charge in [-0.1, -0.05) is 25.0 Å². The molecular formula is C18H27NO3. The van der Waals surface area contributed by atoms with Crippen molar-refractivity contribution >= 4 is 5.91 Å². The number of aryl methyl sites for hydroxylation is 1. The maximum absolute atomic E-state index is 12.6. The molecule has 1 aliphatic rings. The normalized spacial score (nSPS) is 23.0. The molecule has 4 heteroatoms. The molecule has 0 heterocycles. The summed E-state index contributed by atoms with van der Waals surface area (Å²) in [4.78, 5) is 14.2. The molecule has 2 rings (SSSR count). The minimum Gasteiger partial charge on any atom is -0.481 e. The molecule has 0 bridgehead atoms. The van der Waals surface area contributed by atoms with Gasteiger partial charge in [0.05, 0.1) is 12.1 Å². The summed E-state index contributed by atoms with van der Waals surface area (Å²) in [5.74, 6) is 0.672. The molecule has 0 aliphatic heterocycles. The Kier molecular flexibility index (Phi) is 5.46. The molecule has 0 radical (unpaired) electrons. The molecule has 0 unspecified atom stereocenters. The van der Waals surface area contributed by atoms with Crippen LogP contribution in [0.3, 0.4) is 0 Å². The van der Waals surface area contributed by atoms with Crippen LogP contribution in [0, 0.1) is 13.8 Å². The summed E-state index contributed by atoms with van der Waals surface area (Å²) < 4.78 is 5.86. The third kappa shape index (κ3) is 3.61. The van der Waals surface area contributed by atoms with Gasteiger partial charge in [-0.2, -0.15) is 0 Å². The molecule has 0 spiro atoms. The number of hydrogen-bond donors (Lipinski definition) is 1. The molecule has 0 aromatic heterocycles. The lowest BCUT2D eigenvalue weighted by Crippen LogP contribution is -2.50. The largest absolute Gasteiger partial charge is 0.481 e. The van der Waals surface area contributed by atoms with Gasteiger partial charge in [-0.3, -0.25) is 4.79 Å². The number of benzene rings is 1. The van der Waals surface area contributed by atoms with Crippen LogP contribution in [0.2, 0.25) is 0 Å². The zero-order valence-corrected chi connectivity index (χ0v) is 14.0. The highest BCUT2D eigenvalue weighted by atomic mass is 16.5. The molecule has 122 valence electrons. The molecule has 1 saturated carbocycles. The number of ether oxygens (including phenoxy) is 1. The Bertz CT molecular complexity index is 529. The summed E-state index contributed by atoms with van der Waals surface area (Å²) in [7, 11) is 1.77. The third-order valence-electron chi connectivity index (χ3n) is 4.75. The minimum absolute atomic E-state index is 0.0770. The minimum atomic E-state index is -0.556. The number of carbonyl (C=O) groups excluding carboxylic acids is 1. The lowest BCUT2D eigenvalue weighted by Gasteiger charge is -2.36. The lowest BCUT2D eigenvalue weighted by atomic mass is 9.91. The number of aliphatic hydroxyl groups is 1. The molecule has 3 atom stereocenters. The smallest absolute Gasteiger partial charge is 0.263 e. The van der Waals surface area contributed by atoms with Crippen molar-refractivity contribution in [2.75, 3.05) is 7.05 Å². The van der Waals surface area contributed by atoms with Crippen molar-refractivity contribution in [2.24, 2.45) is 0 Å². The first kappa shape index (κ1) is 16.8. The van der Waals surface area contributed by atoms with Crippen LogP contribution >= 0.6 is 0 Å². The van der Waals surface area contributed by atoms with E-state index in [0.717, 1.165) is 42.6 Å². The van der Waals surface area contributed by atoms with E-state index in [1.165, 1.54) is 0 Å². The topological polar surface area (TPSA) is 49.8 Å². The summed E-state index contributed by atoms with van der Waals surface area (Å²) in [5, 5.41) is 10.1. The van der Waals surface area contributed by atoms with Crippen LogP contribution in [0.5, 0.6) is 5.75 Å². The maximum Gasteiger partial charge on any atom is 0.263 e. The average molecular weight is 305 g/mol. The van der Waals surface area contributed by atoms with Crippen molar-refractivity contribution in [3.05, 3.63) is 29.3 Å². The Labute approximate surface area is 133 Å². The van der Waals surface area contributed by atoms with Crippen LogP contribution in [-0.2, 0) is 4.79 Å². The molecule has 1 fully saturated rings. The second-order valence-electron chi connectivity index (χ2n) is 6.33. The first-order valence-electron chi connectivity index (χ1n) is 8.09. The fraction of sp³-hybridized carbons (Fsp3) is 0.611. The monoisotopic (exact) mass is 305 g/mol. The predicted molar refractivity (Wildman–Crippen MR) is 87.0 cm³/mol. The van der Waals surface area contributed by atoms with Gasteiger partial charge in [0, 0.05) is 7.05 Å². The van der Waals surface area contributed by atoms with Gasteiger partial charge in [-0.25, -0.2) is 0 Å². The molecule has 4 nitrogen and oxygen atoms in total. The number of rotatable bonds is 4. The van der Waals surface area contributed by atoms with Crippen molar-refractivity contribution < 1.29 is 14.6 Å². The van der Waals surface area contributed by atoms with E-state index in [0.29, 0.717) is 0 Å². The molecule has 1 aromatic carbocycles. The highest BCUT2D eigenvalue weighted by Crippen LogP contribution is 2.25. The van der Waals surface area contributed by atoms with Gasteiger partial charge in [0.15, 0.2) is 6.10 Å². The first-order chi connectivity index (χ1) is 10.4. The van der Waals surface area contributed by atoms with E-state index >= 15 is 0 Å². The average Bonchev–Trinajstić information content (AvgIpc) is 2.51. The van der Waals surface area contributed by atoms with E-state index in [9.17, 15) is 9.90 Å². The lowest BCUT2D eigenvalue weighted by molar-refractivity contribution is -0.142. The van der Waals surface area contributed by atoms with E-state index in [1.807, 2.05) is 32.0 Å². The van der Waals surface area contributed by atoms with Crippen LogP contribution in [-0.4, -0.2) is 41.2 Å². The number of likely N-dealkylation sites (N-methyl/N-ethyl adjacent to an activating group) is 1. The van der Waals surface area contributed by atoms with Crippen molar-refractivity contribution in [3.8, 4) is 5.75 Å². The summed E-state index contributed by atoms with van der Waals surface area (Å²) in [6, 6.07) is 5.76. The van der Waals surface area contributed by atoms with Gasteiger partial charge >= 0.3 is 0 Å². The SMILES string of the molecule is Cc1cccc(O[C@H](C)C(=O)N(C)[C@@H]2CCCC[C@@H]2O)c1C. The van der Waals surface area contributed by atoms with E-state index in [2.05, 4.69) is 0 Å². The van der Waals surface area contributed by atoms with Gasteiger partial charge in [-0.15, -0.1) is 0 Å². The fourth-order valence-corrected chi connectivity index (χ4v) is 3.09. The second-order valence-corrected chi connectivity index (χ2v) is 6.33. The van der Waals surface area contributed by atoms with Crippen molar-refractivity contribution in [2.45, 2.75) is 64.7 Å². The maximum atomic E-state index is 12.6. The highest BCUT2D eigenvalue weighted by Gasteiger charge is 2.32. The summed E-state index contributed by atoms with van der Waals surface area (Å²) in [6.45, 7) is 5.80. The molecule has 1 aliphatic carbocycles. The number of nitrogens with zero attached hydrogens (tertiary/aromatic N) is 1. The Morgan fingerprint density at radius 1 is 1.32 bits per heavy atom. The Morgan fingerprint density at radius 2 is 2.00 bits per heavy atom. The van der Waals surface area contributed by atoms with Crippen LogP contribution in [0.25, 0.3) is 0 Å². The summed E-state index contributed by atoms with van der Waals surface area (Å²) in [6.07, 6.45) is 2.75. The third-order valence-corrected chi connectivity index (χ3v) is 4.75. The standard InChI is InChI=1S/C18H27NO3/c1-12-8-7-11-17(13(12)2)22-14(3)18(21)19(4)15-9-5-6-10-16(15)20/h7-8,11,14-16,20H,5-6,9-10H2,1-4H3/t14-,15-,16+/m1/s1. The van der Waals surface area contributed by atoms with Gasteiger partial charge in [-0.05, 0) is 50.8 Å². The Morgan fingerprint density at radius 3 is 2.68 bits per heavy atom. The van der Waals surface area contributed by atoms with Crippen molar-refractivity contribution in [3.63, 3.8) is 0 Å². The van der Waals surface area contributed by atoms with Gasteiger partial charge in [0.2, 0.25) is 0 Å². The predicted octanol–water partition coefficient (Wildman–Crippen LogP) is 2.83. The van der Waals surface area contributed by atoms with Gasteiger partial charge in [0.25, 0.3) is 5.91 Å². The molecule has 0 saturated heterocycles. The quantitative estimate of drug-likeness (QED) is 0.930. The second kappa shape index (κ2) is 7.14. The van der Waals surface area contributed by atoms with Gasteiger partial charge in [0.1, 0.15) is 5.75 Å². The van der Waals surface area contributed by atoms with E-state index < -0.39 is 12.2 Å². The molecule has 1 aromatic rings. The molecule has 1 amide bonds. The Balaban J connectivity index is 2.03. The fourth-order valence-electron chi connectivity index (χ4n) is 3.09. The molecular weight excluding hydrogens is 278 g/mol.